The van der Waals surface area contributed by atoms with Crippen LogP contribution in [0.25, 0.3) is 0 Å². The molecule has 0 aliphatic carbocycles. The van der Waals surface area contributed by atoms with Gasteiger partial charge in [0.25, 0.3) is 11.8 Å². The maximum atomic E-state index is 14.1. The van der Waals surface area contributed by atoms with Gasteiger partial charge in [-0.1, -0.05) is 12.7 Å². The Kier molecular flexibility index (Phi) is 12.0. The van der Waals surface area contributed by atoms with Crippen molar-refractivity contribution < 1.29 is 38.1 Å². The average molecular weight is 729 g/mol. The molecule has 3 aliphatic heterocycles. The molecule has 3 atom stereocenters. The number of aromatic nitrogens is 1. The number of carbonyl (C=O) groups excluding carboxylic acids is 4. The number of amides is 4. The van der Waals surface area contributed by atoms with E-state index in [4.69, 9.17) is 24.7 Å². The summed E-state index contributed by atoms with van der Waals surface area (Å²) in [4.78, 5) is 56.9. The van der Waals surface area contributed by atoms with Crippen molar-refractivity contribution in [2.75, 3.05) is 47.6 Å². The number of fused-ring (bicyclic) bond motifs is 2. The van der Waals surface area contributed by atoms with E-state index in [0.717, 1.165) is 25.7 Å². The second-order valence-electron chi connectivity index (χ2n) is 13.6. The molecule has 53 heavy (non-hydrogen) atoms. The van der Waals surface area contributed by atoms with Gasteiger partial charge in [-0.2, -0.15) is 0 Å². The molecule has 14 nitrogen and oxygen atoms in total. The van der Waals surface area contributed by atoms with E-state index in [1.54, 1.807) is 60.3 Å². The maximum absolute atomic E-state index is 14.1. The van der Waals surface area contributed by atoms with E-state index in [-0.39, 0.29) is 37.4 Å². The SMILES string of the molecule is C=CCOC(=O)N1c2cc(OCCCC(=O)Nc3cc(C(=O)Nc4ccc(N)cc4)n(C)c3)c(C)cc2C(=O)N2CCCC[C@H]2C1OC1CCCCO1. The summed E-state index contributed by atoms with van der Waals surface area (Å²) in [5, 5.41) is 5.67. The molecule has 282 valence electrons. The van der Waals surface area contributed by atoms with Crippen LogP contribution < -0.4 is 26.0 Å². The van der Waals surface area contributed by atoms with Crippen LogP contribution in [0.4, 0.5) is 27.5 Å². The average Bonchev–Trinajstić information content (AvgIpc) is 3.49. The zero-order valence-electron chi connectivity index (χ0n) is 30.3. The van der Waals surface area contributed by atoms with Crippen molar-refractivity contribution in [3.63, 3.8) is 0 Å². The molecule has 3 aromatic rings. The zero-order valence-corrected chi connectivity index (χ0v) is 30.3. The minimum Gasteiger partial charge on any atom is -0.493 e. The van der Waals surface area contributed by atoms with Crippen molar-refractivity contribution in [2.45, 2.75) is 76.9 Å². The molecule has 0 bridgehead atoms. The molecular formula is C39H48N6O8. The lowest BCUT2D eigenvalue weighted by molar-refractivity contribution is -0.198. The summed E-state index contributed by atoms with van der Waals surface area (Å²) in [5.74, 6) is -0.287. The third-order valence-electron chi connectivity index (χ3n) is 9.62. The molecule has 4 heterocycles. The van der Waals surface area contributed by atoms with Crippen LogP contribution in [0.5, 0.6) is 5.75 Å². The van der Waals surface area contributed by atoms with E-state index in [9.17, 15) is 19.2 Å². The highest BCUT2D eigenvalue weighted by Crippen LogP contribution is 2.40. The van der Waals surface area contributed by atoms with Gasteiger partial charge in [0.15, 0.2) is 12.5 Å². The summed E-state index contributed by atoms with van der Waals surface area (Å²) in [5.41, 5.74) is 9.18. The lowest BCUT2D eigenvalue weighted by atomic mass is 10.00. The number of aryl methyl sites for hydroxylation is 2. The summed E-state index contributed by atoms with van der Waals surface area (Å²) < 4.78 is 25.9. The van der Waals surface area contributed by atoms with Crippen LogP contribution in [0, 0.1) is 6.92 Å². The summed E-state index contributed by atoms with van der Waals surface area (Å²) in [6.07, 6.45) is 6.61. The first-order valence-corrected chi connectivity index (χ1v) is 18.2. The van der Waals surface area contributed by atoms with Gasteiger partial charge in [-0.05, 0) is 93.8 Å². The highest BCUT2D eigenvalue weighted by atomic mass is 16.7. The second-order valence-corrected chi connectivity index (χ2v) is 13.6. The number of nitrogens with one attached hydrogen (secondary N) is 2. The number of piperidine rings is 1. The normalized spacial score (nSPS) is 19.7. The summed E-state index contributed by atoms with van der Waals surface area (Å²) in [6.45, 7) is 6.81. The molecule has 0 saturated carbocycles. The number of hydrogen-bond acceptors (Lipinski definition) is 9. The quantitative estimate of drug-likeness (QED) is 0.116. The molecule has 4 amide bonds. The number of anilines is 4. The Bertz CT molecular complexity index is 1820. The number of nitrogen functional groups attached to an aromatic ring is 1. The monoisotopic (exact) mass is 728 g/mol. The Balaban J connectivity index is 1.14. The fourth-order valence-corrected chi connectivity index (χ4v) is 6.96. The molecule has 3 aliphatic rings. The number of ether oxygens (including phenoxy) is 4. The molecular weight excluding hydrogens is 680 g/mol. The molecule has 2 aromatic carbocycles. The van der Waals surface area contributed by atoms with Gasteiger partial charge in [0, 0.05) is 50.3 Å². The number of rotatable bonds is 12. The molecule has 0 radical (unpaired) electrons. The Morgan fingerprint density at radius 2 is 1.83 bits per heavy atom. The van der Waals surface area contributed by atoms with Gasteiger partial charge in [0.05, 0.1) is 29.6 Å². The first kappa shape index (κ1) is 37.4. The molecule has 1 aromatic heterocycles. The first-order valence-electron chi connectivity index (χ1n) is 18.2. The summed E-state index contributed by atoms with van der Waals surface area (Å²) in [6, 6.07) is 11.5. The minimum absolute atomic E-state index is 0.0158. The van der Waals surface area contributed by atoms with Crippen LogP contribution in [-0.4, -0.2) is 78.2 Å². The van der Waals surface area contributed by atoms with E-state index >= 15 is 0 Å². The standard InChI is InChI=1S/C39H48N6O8/c1-4-18-52-39(49)45-31-23-33(25(2)21-29(31)37(48)44-17-7-5-10-30(44)38(45)53-35-12-6-8-19-51-35)50-20-9-11-34(46)41-28-22-32(43(3)24-28)36(47)42-27-15-13-26(40)14-16-27/h4,13-16,21-24,30,35,38H,1,5-12,17-20,40H2,2-3H3,(H,41,46)(H,42,47)/t30-,35?,38?/m0/s1. The van der Waals surface area contributed by atoms with Crippen LogP contribution in [0.3, 0.4) is 0 Å². The lowest BCUT2D eigenvalue weighted by Crippen LogP contribution is -2.57. The van der Waals surface area contributed by atoms with Crippen LogP contribution in [0.15, 0.2) is 61.3 Å². The van der Waals surface area contributed by atoms with Crippen molar-refractivity contribution in [3.8, 4) is 5.75 Å². The van der Waals surface area contributed by atoms with Gasteiger partial charge in [0.2, 0.25) is 5.91 Å². The third-order valence-corrected chi connectivity index (χ3v) is 9.62. The highest BCUT2D eigenvalue weighted by molar-refractivity contribution is 6.06. The Morgan fingerprint density at radius 3 is 2.58 bits per heavy atom. The van der Waals surface area contributed by atoms with Crippen LogP contribution in [0.2, 0.25) is 0 Å². The van der Waals surface area contributed by atoms with E-state index in [2.05, 4.69) is 17.2 Å². The number of hydrogen-bond donors (Lipinski definition) is 3. The second kappa shape index (κ2) is 17.0. The van der Waals surface area contributed by atoms with E-state index in [1.807, 2.05) is 11.8 Å². The zero-order chi connectivity index (χ0) is 37.5. The molecule has 6 rings (SSSR count). The first-order chi connectivity index (χ1) is 25.6. The van der Waals surface area contributed by atoms with Gasteiger partial charge in [-0.15, -0.1) is 0 Å². The molecule has 2 saturated heterocycles. The predicted octanol–water partition coefficient (Wildman–Crippen LogP) is 5.97. The van der Waals surface area contributed by atoms with Crippen molar-refractivity contribution in [1.29, 1.82) is 0 Å². The number of carbonyl (C=O) groups is 4. The predicted molar refractivity (Wildman–Crippen MR) is 200 cm³/mol. The topological polar surface area (TPSA) is 167 Å². The van der Waals surface area contributed by atoms with Crippen LogP contribution in [-0.2, 0) is 26.1 Å². The van der Waals surface area contributed by atoms with Crippen LogP contribution in [0.1, 0.15) is 77.8 Å². The third kappa shape index (κ3) is 8.83. The molecule has 2 unspecified atom stereocenters. The fourth-order valence-electron chi connectivity index (χ4n) is 6.96. The minimum atomic E-state index is -0.845. The highest BCUT2D eigenvalue weighted by Gasteiger charge is 2.46. The lowest BCUT2D eigenvalue weighted by Gasteiger charge is -2.42. The largest absolute Gasteiger partial charge is 0.493 e. The number of nitrogens with zero attached hydrogens (tertiary/aromatic N) is 3. The Labute approximate surface area is 309 Å². The summed E-state index contributed by atoms with van der Waals surface area (Å²) in [7, 11) is 1.72. The molecule has 4 N–H and O–H groups in total. The van der Waals surface area contributed by atoms with Gasteiger partial charge < -0.3 is 44.8 Å². The number of benzene rings is 2. The smallest absolute Gasteiger partial charge is 0.416 e. The van der Waals surface area contributed by atoms with E-state index in [0.29, 0.717) is 77.7 Å². The van der Waals surface area contributed by atoms with Crippen molar-refractivity contribution in [3.05, 3.63) is 78.1 Å². The van der Waals surface area contributed by atoms with E-state index in [1.165, 1.54) is 11.0 Å². The van der Waals surface area contributed by atoms with Crippen molar-refractivity contribution >= 4 is 46.6 Å². The van der Waals surface area contributed by atoms with Crippen LogP contribution >= 0.6 is 0 Å². The van der Waals surface area contributed by atoms with Gasteiger partial charge >= 0.3 is 6.09 Å². The van der Waals surface area contributed by atoms with E-state index < -0.39 is 24.7 Å². The molecule has 14 heteroatoms. The van der Waals surface area contributed by atoms with Gasteiger partial charge in [0.1, 0.15) is 18.1 Å². The van der Waals surface area contributed by atoms with Crippen molar-refractivity contribution in [2.24, 2.45) is 7.05 Å². The molecule has 0 spiro atoms. The fraction of sp³-hybridized carbons (Fsp3) is 0.436. The summed E-state index contributed by atoms with van der Waals surface area (Å²) >= 11 is 0. The van der Waals surface area contributed by atoms with Gasteiger partial charge in [-0.25, -0.2) is 9.69 Å². The van der Waals surface area contributed by atoms with Crippen molar-refractivity contribution in [1.82, 2.24) is 9.47 Å². The maximum Gasteiger partial charge on any atom is 0.416 e. The Morgan fingerprint density at radius 1 is 1.04 bits per heavy atom. The number of nitrogens with two attached hydrogens (primary N) is 1. The molecule has 2 fully saturated rings. The van der Waals surface area contributed by atoms with Gasteiger partial charge in [-0.3, -0.25) is 14.4 Å². The Hall–Kier alpha value is -5.34.